The van der Waals surface area contributed by atoms with Crippen LogP contribution >= 0.6 is 383 Å². The lowest BCUT2D eigenvalue weighted by atomic mass is 9.97. The van der Waals surface area contributed by atoms with Crippen molar-refractivity contribution in [2.75, 3.05) is 0 Å². The second-order valence-corrected chi connectivity index (χ2v) is 31.2. The Morgan fingerprint density at radius 3 is 0.360 bits per heavy atom. The summed E-state index contributed by atoms with van der Waals surface area (Å²) in [4.78, 5) is 0. The molecule has 0 bridgehead atoms. The van der Waals surface area contributed by atoms with Crippen LogP contribution in [0.4, 0.5) is 0 Å². The summed E-state index contributed by atoms with van der Waals surface area (Å²) in [5.41, 5.74) is 0. The standard InChI is InChI=1S/C16HCl33O/c17-1(18,3(21,22)5(25,26)7(29,30)9(33,34)11(37,38)13(41,42)15(45,46)47)2(19,20)4(23,24)6(27,28)8(31,32)10(35,36)12(39,40)14(43,44)16(48,49)50/h50H. The van der Waals surface area contributed by atoms with E-state index in [1.807, 2.05) is 0 Å². The third-order valence-corrected chi connectivity index (χ3v) is 29.1. The molecule has 0 aromatic carbocycles. The molecule has 0 aliphatic carbocycles. The van der Waals surface area contributed by atoms with Gasteiger partial charge in [-0.25, -0.2) is 0 Å². The second-order valence-electron chi connectivity index (χ2n) is 9.08. The SMILES string of the molecule is OC(Cl)(Cl)C(Cl)(Cl)C(Cl)(Cl)C(Cl)(Cl)C(Cl)(Cl)C(Cl)(Cl)C(Cl)(Cl)C(Cl)(Cl)C(Cl)(Cl)C(Cl)(Cl)C(Cl)(Cl)C(Cl)(Cl)C(Cl)(Cl)C(Cl)(Cl)C(Cl)(Cl)C(Cl)(Cl)Cl. The quantitative estimate of drug-likeness (QED) is 0.172. The molecule has 0 radical (unpaired) electrons. The van der Waals surface area contributed by atoms with Gasteiger partial charge in [-0.2, -0.15) is 0 Å². The largest absolute Gasteiger partial charge is 0.360 e. The van der Waals surface area contributed by atoms with Crippen LogP contribution in [0.5, 0.6) is 0 Å². The Morgan fingerprint density at radius 1 is 0.160 bits per heavy atom. The fourth-order valence-corrected chi connectivity index (χ4v) is 13.6. The smallest absolute Gasteiger partial charge is 0.251 e. The summed E-state index contributed by atoms with van der Waals surface area (Å²) in [5, 5.41) is 10.1. The molecule has 0 spiro atoms. The first-order valence-corrected chi connectivity index (χ1v) is 22.7. The molecule has 1 N–H and O–H groups in total. The van der Waals surface area contributed by atoms with E-state index in [-0.39, 0.29) is 0 Å². The third kappa shape index (κ3) is 8.80. The molecule has 0 heterocycles. The van der Waals surface area contributed by atoms with E-state index in [1.54, 1.807) is 0 Å². The van der Waals surface area contributed by atoms with E-state index in [0.717, 1.165) is 0 Å². The van der Waals surface area contributed by atoms with Crippen molar-refractivity contribution in [3.8, 4) is 0 Å². The highest BCUT2D eigenvalue weighted by Crippen LogP contribution is 2.78. The van der Waals surface area contributed by atoms with E-state index in [1.165, 1.54) is 0 Å². The molecule has 302 valence electrons. The van der Waals surface area contributed by atoms with Crippen LogP contribution in [0, 0.1) is 0 Å². The fourth-order valence-electron chi connectivity index (χ4n) is 2.73. The van der Waals surface area contributed by atoms with Crippen molar-refractivity contribution in [1.29, 1.82) is 0 Å². The zero-order chi connectivity index (χ0) is 42.0. The van der Waals surface area contributed by atoms with Gasteiger partial charge in [-0.1, -0.05) is 383 Å². The minimum absolute atomic E-state index is 2.85. The van der Waals surface area contributed by atoms with E-state index in [2.05, 4.69) is 0 Å². The lowest BCUT2D eigenvalue weighted by Gasteiger charge is -2.58. The van der Waals surface area contributed by atoms with Crippen LogP contribution in [-0.2, 0) is 0 Å². The fraction of sp³-hybridized carbons (Fsp3) is 1.00. The highest BCUT2D eigenvalue weighted by Gasteiger charge is 2.87. The van der Waals surface area contributed by atoms with Crippen LogP contribution in [0.15, 0.2) is 0 Å². The molecule has 1 nitrogen and oxygen atoms in total. The molecule has 34 heteroatoms. The summed E-state index contributed by atoms with van der Waals surface area (Å²) in [5.74, 6) is 0. The first-order valence-electron chi connectivity index (χ1n) is 10.2. The predicted octanol–water partition coefficient (Wildman–Crippen LogP) is 18.9. The molecule has 0 aliphatic rings. The first kappa shape index (κ1) is 59.5. The van der Waals surface area contributed by atoms with Crippen LogP contribution in [0.3, 0.4) is 0 Å². The van der Waals surface area contributed by atoms with Crippen LogP contribution in [-0.4, -0.2) is 74.1 Å². The highest BCUT2D eigenvalue weighted by atomic mass is 35.6. The van der Waals surface area contributed by atoms with Gasteiger partial charge in [0.15, 0.2) is 52.0 Å². The summed E-state index contributed by atoms with van der Waals surface area (Å²) in [6.45, 7) is 0. The van der Waals surface area contributed by atoms with Crippen LogP contribution in [0.1, 0.15) is 0 Å². The van der Waals surface area contributed by atoms with Crippen molar-refractivity contribution < 1.29 is 5.11 Å². The first-order chi connectivity index (χ1) is 20.8. The molecule has 0 unspecified atom stereocenters. The Labute approximate surface area is 449 Å². The minimum atomic E-state index is -3.64. The van der Waals surface area contributed by atoms with Crippen molar-refractivity contribution in [3.05, 3.63) is 0 Å². The Morgan fingerprint density at radius 2 is 0.260 bits per heavy atom. The molecule has 0 aliphatic heterocycles. The molecular formula is C16HCl33O. The number of rotatable bonds is 14. The van der Waals surface area contributed by atoms with E-state index < -0.39 is 69.0 Å². The normalized spacial score (nSPS) is 17.4. The van der Waals surface area contributed by atoms with E-state index in [4.69, 9.17) is 383 Å². The molecule has 0 saturated heterocycles. The van der Waals surface area contributed by atoms with Gasteiger partial charge in [0.1, 0.15) is 0 Å². The molecular weight excluding hydrogens is 1380 g/mol. The van der Waals surface area contributed by atoms with Crippen molar-refractivity contribution in [2.45, 2.75) is 69.0 Å². The summed E-state index contributed by atoms with van der Waals surface area (Å²) in [7, 11) is 0. The Balaban J connectivity index is 7.70. The number of hydrogen-bond acceptors (Lipinski definition) is 1. The summed E-state index contributed by atoms with van der Waals surface area (Å²) in [6, 6.07) is 0. The topological polar surface area (TPSA) is 20.2 Å². The monoisotopic (exact) mass is 1360 g/mol. The van der Waals surface area contributed by atoms with E-state index >= 15 is 0 Å². The van der Waals surface area contributed by atoms with Crippen molar-refractivity contribution in [3.63, 3.8) is 0 Å². The van der Waals surface area contributed by atoms with Gasteiger partial charge < -0.3 is 5.11 Å². The molecule has 0 rings (SSSR count). The average Bonchev–Trinajstić information content (AvgIpc) is 2.85. The van der Waals surface area contributed by atoms with Gasteiger partial charge in [0.25, 0.3) is 4.52 Å². The maximum Gasteiger partial charge on any atom is 0.251 e. The van der Waals surface area contributed by atoms with Gasteiger partial charge in [0.05, 0.1) is 0 Å². The lowest BCUT2D eigenvalue weighted by Crippen LogP contribution is -2.75. The zero-order valence-electron chi connectivity index (χ0n) is 20.9. The molecule has 0 saturated carbocycles. The Bertz CT molecular complexity index is 1150. The molecule has 0 fully saturated rings. The number of aliphatic hydroxyl groups is 1. The van der Waals surface area contributed by atoms with Gasteiger partial charge >= 0.3 is 0 Å². The number of alkyl halides is 33. The van der Waals surface area contributed by atoms with Crippen molar-refractivity contribution in [2.24, 2.45) is 0 Å². The van der Waals surface area contributed by atoms with Gasteiger partial charge in [-0.3, -0.25) is 0 Å². The minimum Gasteiger partial charge on any atom is -0.360 e. The van der Waals surface area contributed by atoms with Gasteiger partial charge in [0, 0.05) is 0 Å². The maximum atomic E-state index is 10.1. The van der Waals surface area contributed by atoms with E-state index in [0.29, 0.717) is 0 Å². The number of halogens is 33. The molecule has 0 atom stereocenters. The Kier molecular flexibility index (Phi) is 20.7. The summed E-state index contributed by atoms with van der Waals surface area (Å²) < 4.78 is -54.8. The van der Waals surface area contributed by atoms with Crippen LogP contribution < -0.4 is 0 Å². The van der Waals surface area contributed by atoms with Crippen molar-refractivity contribution >= 4 is 383 Å². The Hall–Kier alpha value is 9.53. The van der Waals surface area contributed by atoms with Crippen LogP contribution in [0.25, 0.3) is 0 Å². The second kappa shape index (κ2) is 17.4. The van der Waals surface area contributed by atoms with Crippen molar-refractivity contribution in [1.82, 2.24) is 0 Å². The zero-order valence-corrected chi connectivity index (χ0v) is 45.9. The number of hydrogen-bond donors (Lipinski definition) is 1. The maximum absolute atomic E-state index is 10.1. The molecule has 0 amide bonds. The molecule has 0 aromatic rings. The summed E-state index contributed by atoms with van der Waals surface area (Å²) in [6.07, 6.45) is 0. The van der Waals surface area contributed by atoms with E-state index in [9.17, 15) is 5.11 Å². The predicted molar refractivity (Wildman–Crippen MR) is 239 cm³/mol. The highest BCUT2D eigenvalue weighted by molar-refractivity contribution is 6.85. The van der Waals surface area contributed by atoms with Crippen LogP contribution in [0.2, 0.25) is 0 Å². The molecule has 0 aromatic heterocycles. The molecule has 50 heavy (non-hydrogen) atoms. The van der Waals surface area contributed by atoms with Gasteiger partial charge in [0.2, 0.25) is 12.5 Å². The summed E-state index contributed by atoms with van der Waals surface area (Å²) >= 11 is 206. The third-order valence-electron chi connectivity index (χ3n) is 5.86. The average molecular weight is 1380 g/mol. The van der Waals surface area contributed by atoms with Gasteiger partial charge in [-0.15, -0.1) is 0 Å². The van der Waals surface area contributed by atoms with Gasteiger partial charge in [-0.05, 0) is 0 Å². The lowest BCUT2D eigenvalue weighted by molar-refractivity contribution is 0.181.